The van der Waals surface area contributed by atoms with Crippen molar-refractivity contribution in [2.24, 2.45) is 0 Å². The third kappa shape index (κ3) is 4.42. The number of hydrogen-bond donors (Lipinski definition) is 1. The van der Waals surface area contributed by atoms with E-state index < -0.39 is 5.97 Å². The Labute approximate surface area is 120 Å². The average molecular weight is 280 g/mol. The molecule has 0 spiro atoms. The number of ether oxygens (including phenoxy) is 2. The van der Waals surface area contributed by atoms with Gasteiger partial charge in [-0.2, -0.15) is 0 Å². The number of carbonyl (C=O) groups is 1. The van der Waals surface area contributed by atoms with E-state index in [-0.39, 0.29) is 0 Å². The van der Waals surface area contributed by atoms with Crippen molar-refractivity contribution in [2.75, 3.05) is 38.6 Å². The molecule has 0 atom stereocenters. The van der Waals surface area contributed by atoms with Crippen molar-refractivity contribution in [3.8, 4) is 5.75 Å². The molecule has 0 saturated carbocycles. The quantitative estimate of drug-likeness (QED) is 0.584. The van der Waals surface area contributed by atoms with E-state index in [4.69, 9.17) is 15.2 Å². The zero-order chi connectivity index (χ0) is 15.0. The van der Waals surface area contributed by atoms with Gasteiger partial charge in [0.25, 0.3) is 0 Å². The highest BCUT2D eigenvalue weighted by molar-refractivity contribution is 5.94. The third-order valence-corrected chi connectivity index (χ3v) is 3.09. The normalized spacial score (nSPS) is 10.6. The van der Waals surface area contributed by atoms with Crippen molar-refractivity contribution in [2.45, 2.75) is 20.8 Å². The van der Waals surface area contributed by atoms with Crippen molar-refractivity contribution in [3.05, 3.63) is 23.8 Å². The second kappa shape index (κ2) is 8.43. The van der Waals surface area contributed by atoms with E-state index in [0.717, 1.165) is 19.6 Å². The van der Waals surface area contributed by atoms with Crippen molar-refractivity contribution in [1.82, 2.24) is 4.90 Å². The van der Waals surface area contributed by atoms with Gasteiger partial charge in [0.05, 0.1) is 12.3 Å². The first kappa shape index (κ1) is 16.3. The van der Waals surface area contributed by atoms with Gasteiger partial charge in [0.1, 0.15) is 12.2 Å². The summed E-state index contributed by atoms with van der Waals surface area (Å²) in [6.07, 6.45) is 0. The molecule has 0 saturated heterocycles. The Bertz CT molecular complexity index is 431. The molecule has 1 aromatic carbocycles. The molecule has 0 amide bonds. The first-order valence-electron chi connectivity index (χ1n) is 7.04. The minimum atomic E-state index is -0.405. The van der Waals surface area contributed by atoms with Gasteiger partial charge in [0, 0.05) is 6.54 Å². The number of likely N-dealkylation sites (N-methyl/N-ethyl adjacent to an activating group) is 1. The molecular formula is C15H24N2O3. The van der Waals surface area contributed by atoms with Gasteiger partial charge >= 0.3 is 5.97 Å². The Morgan fingerprint density at radius 2 is 1.95 bits per heavy atom. The molecule has 1 rings (SSSR count). The first-order chi connectivity index (χ1) is 9.63. The average Bonchev–Trinajstić information content (AvgIpc) is 2.45. The molecule has 0 heterocycles. The van der Waals surface area contributed by atoms with Gasteiger partial charge in [0.15, 0.2) is 5.75 Å². The Morgan fingerprint density at radius 3 is 2.55 bits per heavy atom. The van der Waals surface area contributed by atoms with Crippen molar-refractivity contribution >= 4 is 11.7 Å². The Hall–Kier alpha value is -1.75. The zero-order valence-corrected chi connectivity index (χ0v) is 12.5. The van der Waals surface area contributed by atoms with Gasteiger partial charge in [-0.25, -0.2) is 4.79 Å². The molecule has 0 bridgehead atoms. The molecule has 20 heavy (non-hydrogen) atoms. The fraction of sp³-hybridized carbons (Fsp3) is 0.533. The predicted molar refractivity (Wildman–Crippen MR) is 80.1 cm³/mol. The van der Waals surface area contributed by atoms with E-state index in [9.17, 15) is 4.79 Å². The zero-order valence-electron chi connectivity index (χ0n) is 12.5. The number of nitrogen functional groups attached to an aromatic ring is 1. The van der Waals surface area contributed by atoms with Crippen molar-refractivity contribution in [3.63, 3.8) is 0 Å². The molecule has 5 heteroatoms. The van der Waals surface area contributed by atoms with Crippen LogP contribution >= 0.6 is 0 Å². The topological polar surface area (TPSA) is 64.8 Å². The molecule has 112 valence electrons. The molecule has 1 aromatic rings. The number of carbonyl (C=O) groups excluding carboxylic acids is 1. The molecule has 2 N–H and O–H groups in total. The molecule has 0 radical (unpaired) electrons. The van der Waals surface area contributed by atoms with Crippen LogP contribution in [0, 0.1) is 0 Å². The van der Waals surface area contributed by atoms with Crippen LogP contribution in [-0.2, 0) is 4.74 Å². The number of benzene rings is 1. The number of hydrogen-bond acceptors (Lipinski definition) is 5. The summed E-state index contributed by atoms with van der Waals surface area (Å²) in [5, 5.41) is 0. The summed E-state index contributed by atoms with van der Waals surface area (Å²) < 4.78 is 10.7. The van der Waals surface area contributed by atoms with E-state index in [1.165, 1.54) is 0 Å². The van der Waals surface area contributed by atoms with Gasteiger partial charge in [-0.05, 0) is 32.1 Å². The van der Waals surface area contributed by atoms with Gasteiger partial charge in [-0.15, -0.1) is 0 Å². The molecule has 0 aliphatic carbocycles. The van der Waals surface area contributed by atoms with Crippen LogP contribution in [0.15, 0.2) is 18.2 Å². The molecular weight excluding hydrogens is 256 g/mol. The third-order valence-electron chi connectivity index (χ3n) is 3.09. The van der Waals surface area contributed by atoms with Gasteiger partial charge in [-0.1, -0.05) is 19.9 Å². The smallest absolute Gasteiger partial charge is 0.341 e. The lowest BCUT2D eigenvalue weighted by Crippen LogP contribution is -2.28. The van der Waals surface area contributed by atoms with E-state index in [1.54, 1.807) is 25.1 Å². The molecule has 0 aliphatic heterocycles. The lowest BCUT2D eigenvalue weighted by molar-refractivity contribution is 0.0521. The number of esters is 1. The summed E-state index contributed by atoms with van der Waals surface area (Å²) in [5.74, 6) is 0.00995. The summed E-state index contributed by atoms with van der Waals surface area (Å²) in [5.41, 5.74) is 6.73. The van der Waals surface area contributed by atoms with Crippen LogP contribution in [-0.4, -0.2) is 43.7 Å². The second-order valence-corrected chi connectivity index (χ2v) is 4.32. The fourth-order valence-corrected chi connectivity index (χ4v) is 1.90. The van der Waals surface area contributed by atoms with Crippen LogP contribution in [0.1, 0.15) is 31.1 Å². The maximum atomic E-state index is 11.9. The summed E-state index contributed by atoms with van der Waals surface area (Å²) in [6, 6.07) is 5.11. The summed E-state index contributed by atoms with van der Waals surface area (Å²) in [7, 11) is 0. The Kier molecular flexibility index (Phi) is 6.87. The van der Waals surface area contributed by atoms with Crippen LogP contribution in [0.25, 0.3) is 0 Å². The maximum Gasteiger partial charge on any atom is 0.341 e. The molecule has 0 unspecified atom stereocenters. The minimum absolute atomic E-state index is 0.326. The molecule has 0 aromatic heterocycles. The second-order valence-electron chi connectivity index (χ2n) is 4.32. The number of para-hydroxylation sites is 1. The highest BCUT2D eigenvalue weighted by Gasteiger charge is 2.16. The number of nitrogens with two attached hydrogens (primary N) is 1. The molecule has 0 aliphatic rings. The SMILES string of the molecule is CCOC(=O)c1cccc(N)c1OCCN(CC)CC. The Balaban J connectivity index is 2.75. The predicted octanol–water partition coefficient (Wildman–Crippen LogP) is 2.17. The summed E-state index contributed by atoms with van der Waals surface area (Å²) in [4.78, 5) is 14.1. The van der Waals surface area contributed by atoms with Crippen LogP contribution in [0.4, 0.5) is 5.69 Å². The van der Waals surface area contributed by atoms with E-state index in [1.807, 2.05) is 0 Å². The monoisotopic (exact) mass is 280 g/mol. The van der Waals surface area contributed by atoms with E-state index >= 15 is 0 Å². The number of nitrogens with zero attached hydrogens (tertiary/aromatic N) is 1. The lowest BCUT2D eigenvalue weighted by Gasteiger charge is -2.19. The fourth-order valence-electron chi connectivity index (χ4n) is 1.90. The minimum Gasteiger partial charge on any atom is -0.489 e. The molecule has 5 nitrogen and oxygen atoms in total. The van der Waals surface area contributed by atoms with Crippen LogP contribution < -0.4 is 10.5 Å². The van der Waals surface area contributed by atoms with Crippen molar-refractivity contribution < 1.29 is 14.3 Å². The van der Waals surface area contributed by atoms with Gasteiger partial charge in [-0.3, -0.25) is 0 Å². The molecule has 0 fully saturated rings. The Morgan fingerprint density at radius 1 is 1.25 bits per heavy atom. The van der Waals surface area contributed by atoms with Gasteiger partial charge < -0.3 is 20.1 Å². The standard InChI is InChI=1S/C15H24N2O3/c1-4-17(5-2)10-11-20-14-12(15(18)19-6-3)8-7-9-13(14)16/h7-9H,4-6,10-11,16H2,1-3H3. The lowest BCUT2D eigenvalue weighted by atomic mass is 10.1. The first-order valence-corrected chi connectivity index (χ1v) is 7.04. The summed E-state index contributed by atoms with van der Waals surface area (Å²) >= 11 is 0. The van der Waals surface area contributed by atoms with Gasteiger partial charge in [0.2, 0.25) is 0 Å². The largest absolute Gasteiger partial charge is 0.489 e. The number of anilines is 1. The summed E-state index contributed by atoms with van der Waals surface area (Å²) in [6.45, 7) is 9.52. The van der Waals surface area contributed by atoms with E-state index in [0.29, 0.717) is 30.2 Å². The van der Waals surface area contributed by atoms with E-state index in [2.05, 4.69) is 18.7 Å². The highest BCUT2D eigenvalue weighted by atomic mass is 16.5. The highest BCUT2D eigenvalue weighted by Crippen LogP contribution is 2.27. The van der Waals surface area contributed by atoms with Crippen LogP contribution in [0.2, 0.25) is 0 Å². The maximum absolute atomic E-state index is 11.9. The van der Waals surface area contributed by atoms with Crippen LogP contribution in [0.3, 0.4) is 0 Å². The van der Waals surface area contributed by atoms with Crippen molar-refractivity contribution in [1.29, 1.82) is 0 Å². The van der Waals surface area contributed by atoms with Crippen LogP contribution in [0.5, 0.6) is 5.75 Å². The number of rotatable bonds is 8.